The second-order valence-corrected chi connectivity index (χ2v) is 6.92. The van der Waals surface area contributed by atoms with Crippen LogP contribution < -0.4 is 10.2 Å². The quantitative estimate of drug-likeness (QED) is 0.732. The van der Waals surface area contributed by atoms with Crippen LogP contribution in [0.1, 0.15) is 21.9 Å². The Bertz CT molecular complexity index is 974. The van der Waals surface area contributed by atoms with Crippen molar-refractivity contribution in [3.63, 3.8) is 0 Å². The van der Waals surface area contributed by atoms with Crippen molar-refractivity contribution in [3.05, 3.63) is 72.2 Å². The third kappa shape index (κ3) is 3.85. The lowest BCUT2D eigenvalue weighted by Crippen LogP contribution is -2.34. The molecule has 0 atom stereocenters. The van der Waals surface area contributed by atoms with Gasteiger partial charge in [0, 0.05) is 23.8 Å². The van der Waals surface area contributed by atoms with Gasteiger partial charge in [0.2, 0.25) is 11.8 Å². The lowest BCUT2D eigenvalue weighted by atomic mass is 10.2. The molecule has 4 rings (SSSR count). The van der Waals surface area contributed by atoms with Crippen LogP contribution in [0.5, 0.6) is 0 Å². The summed E-state index contributed by atoms with van der Waals surface area (Å²) in [4.78, 5) is 35.4. The maximum absolute atomic E-state index is 12.3. The molecule has 1 aliphatic heterocycles. The van der Waals surface area contributed by atoms with Gasteiger partial charge in [-0.3, -0.25) is 14.6 Å². The SMILES string of the molecule is O=C(NCc1ccncc1)c1coc(CN2C(=O)CSc3ccccc32)n1. The Balaban J connectivity index is 1.44. The number of para-hydroxylation sites is 1. The third-order valence-corrected chi connectivity index (χ3v) is 5.14. The molecule has 3 aromatic rings. The van der Waals surface area contributed by atoms with Gasteiger partial charge in [0.05, 0.1) is 11.4 Å². The molecule has 0 fully saturated rings. The maximum atomic E-state index is 12.3. The van der Waals surface area contributed by atoms with Gasteiger partial charge in [-0.1, -0.05) is 12.1 Å². The number of pyridine rings is 1. The van der Waals surface area contributed by atoms with Crippen molar-refractivity contribution in [2.75, 3.05) is 10.7 Å². The third-order valence-electron chi connectivity index (χ3n) is 4.09. The van der Waals surface area contributed by atoms with E-state index < -0.39 is 0 Å². The van der Waals surface area contributed by atoms with Crippen molar-refractivity contribution >= 4 is 29.3 Å². The van der Waals surface area contributed by atoms with Crippen LogP contribution in [0.25, 0.3) is 0 Å². The van der Waals surface area contributed by atoms with Crippen LogP contribution in [0.4, 0.5) is 5.69 Å². The number of hydrogen-bond donors (Lipinski definition) is 1. The number of amides is 2. The lowest BCUT2D eigenvalue weighted by molar-refractivity contribution is -0.116. The smallest absolute Gasteiger partial charge is 0.273 e. The summed E-state index contributed by atoms with van der Waals surface area (Å²) in [5.74, 6) is 0.347. The first kappa shape index (κ1) is 17.3. The van der Waals surface area contributed by atoms with E-state index in [0.29, 0.717) is 18.2 Å². The molecule has 0 bridgehead atoms. The zero-order valence-electron chi connectivity index (χ0n) is 14.3. The predicted molar refractivity (Wildman–Crippen MR) is 100 cm³/mol. The zero-order valence-corrected chi connectivity index (χ0v) is 15.1. The van der Waals surface area contributed by atoms with E-state index >= 15 is 0 Å². The molecule has 8 heteroatoms. The largest absolute Gasteiger partial charge is 0.446 e. The number of aromatic nitrogens is 2. The van der Waals surface area contributed by atoms with Crippen LogP contribution in [0.2, 0.25) is 0 Å². The van der Waals surface area contributed by atoms with E-state index in [1.54, 1.807) is 17.3 Å². The van der Waals surface area contributed by atoms with Crippen molar-refractivity contribution < 1.29 is 14.0 Å². The number of hydrogen-bond acceptors (Lipinski definition) is 6. The van der Waals surface area contributed by atoms with E-state index in [1.807, 2.05) is 36.4 Å². The molecular weight excluding hydrogens is 364 g/mol. The normalized spacial score (nSPS) is 13.3. The standard InChI is InChI=1S/C19H16N4O3S/c24-18-12-27-16-4-2-1-3-15(16)23(18)10-17-22-14(11-26-17)19(25)21-9-13-5-7-20-8-6-13/h1-8,11H,9-10,12H2,(H,21,25). The first-order valence-electron chi connectivity index (χ1n) is 8.34. The van der Waals surface area contributed by atoms with E-state index in [0.717, 1.165) is 16.1 Å². The number of rotatable bonds is 5. The molecule has 1 aliphatic rings. The fourth-order valence-electron chi connectivity index (χ4n) is 2.72. The maximum Gasteiger partial charge on any atom is 0.273 e. The first-order chi connectivity index (χ1) is 13.2. The van der Waals surface area contributed by atoms with E-state index in [9.17, 15) is 9.59 Å². The number of thioether (sulfide) groups is 1. The van der Waals surface area contributed by atoms with Gasteiger partial charge in [0.15, 0.2) is 5.69 Å². The molecule has 0 saturated carbocycles. The van der Waals surface area contributed by atoms with Gasteiger partial charge >= 0.3 is 0 Å². The fraction of sp³-hybridized carbons (Fsp3) is 0.158. The summed E-state index contributed by atoms with van der Waals surface area (Å²) in [6.45, 7) is 0.562. The Kier molecular flexibility index (Phi) is 4.88. The van der Waals surface area contributed by atoms with Gasteiger partial charge in [-0.05, 0) is 29.8 Å². The van der Waals surface area contributed by atoms with Gasteiger partial charge in [0.25, 0.3) is 5.91 Å². The second-order valence-electron chi connectivity index (χ2n) is 5.90. The molecule has 0 saturated heterocycles. The van der Waals surface area contributed by atoms with Crippen molar-refractivity contribution in [3.8, 4) is 0 Å². The highest BCUT2D eigenvalue weighted by atomic mass is 32.2. The summed E-state index contributed by atoms with van der Waals surface area (Å²) >= 11 is 1.51. The van der Waals surface area contributed by atoms with Gasteiger partial charge in [-0.15, -0.1) is 11.8 Å². The minimum Gasteiger partial charge on any atom is -0.446 e. The molecule has 136 valence electrons. The summed E-state index contributed by atoms with van der Waals surface area (Å²) in [5, 5.41) is 2.78. The number of nitrogens with zero attached hydrogens (tertiary/aromatic N) is 3. The Morgan fingerprint density at radius 3 is 2.89 bits per heavy atom. The topological polar surface area (TPSA) is 88.3 Å². The van der Waals surface area contributed by atoms with E-state index in [4.69, 9.17) is 4.42 Å². The molecule has 0 radical (unpaired) electrons. The van der Waals surface area contributed by atoms with Crippen molar-refractivity contribution in [1.29, 1.82) is 0 Å². The number of carbonyl (C=O) groups excluding carboxylic acids is 2. The monoisotopic (exact) mass is 380 g/mol. The van der Waals surface area contributed by atoms with Gasteiger partial charge in [-0.25, -0.2) is 4.98 Å². The number of benzene rings is 1. The Morgan fingerprint density at radius 1 is 1.22 bits per heavy atom. The average Bonchev–Trinajstić information content (AvgIpc) is 3.18. The molecule has 27 heavy (non-hydrogen) atoms. The highest BCUT2D eigenvalue weighted by Crippen LogP contribution is 2.35. The number of nitrogens with one attached hydrogen (secondary N) is 1. The van der Waals surface area contributed by atoms with Crippen LogP contribution in [-0.2, 0) is 17.9 Å². The molecule has 2 amide bonds. The van der Waals surface area contributed by atoms with Gasteiger partial charge < -0.3 is 14.6 Å². The average molecular weight is 380 g/mol. The molecule has 3 heterocycles. The molecule has 0 unspecified atom stereocenters. The zero-order chi connectivity index (χ0) is 18.6. The highest BCUT2D eigenvalue weighted by molar-refractivity contribution is 8.00. The van der Waals surface area contributed by atoms with Crippen LogP contribution in [0.15, 0.2) is 64.4 Å². The molecule has 0 aliphatic carbocycles. The Labute approximate surface area is 159 Å². The van der Waals surface area contributed by atoms with E-state index in [1.165, 1.54) is 18.0 Å². The molecule has 1 N–H and O–H groups in total. The van der Waals surface area contributed by atoms with Crippen molar-refractivity contribution in [1.82, 2.24) is 15.3 Å². The molecular formula is C19H16N4O3S. The highest BCUT2D eigenvalue weighted by Gasteiger charge is 2.26. The van der Waals surface area contributed by atoms with E-state index in [2.05, 4.69) is 15.3 Å². The van der Waals surface area contributed by atoms with Crippen LogP contribution in [-0.4, -0.2) is 27.5 Å². The second kappa shape index (κ2) is 7.63. The minimum absolute atomic E-state index is 0.0133. The minimum atomic E-state index is -0.331. The van der Waals surface area contributed by atoms with E-state index in [-0.39, 0.29) is 24.1 Å². The van der Waals surface area contributed by atoms with Crippen molar-refractivity contribution in [2.24, 2.45) is 0 Å². The molecule has 0 spiro atoms. The van der Waals surface area contributed by atoms with Gasteiger partial charge in [-0.2, -0.15) is 0 Å². The number of fused-ring (bicyclic) bond motifs is 1. The Morgan fingerprint density at radius 2 is 2.04 bits per heavy atom. The summed E-state index contributed by atoms with van der Waals surface area (Å²) in [7, 11) is 0. The number of anilines is 1. The predicted octanol–water partition coefficient (Wildman–Crippen LogP) is 2.64. The van der Waals surface area contributed by atoms with Gasteiger partial charge in [0.1, 0.15) is 12.8 Å². The summed E-state index contributed by atoms with van der Waals surface area (Å²) < 4.78 is 5.42. The number of carbonyl (C=O) groups is 2. The fourth-order valence-corrected chi connectivity index (χ4v) is 3.66. The summed E-state index contributed by atoms with van der Waals surface area (Å²) in [6, 6.07) is 11.4. The Hall–Kier alpha value is -3.13. The summed E-state index contributed by atoms with van der Waals surface area (Å²) in [5.41, 5.74) is 1.96. The number of oxazole rings is 1. The summed E-state index contributed by atoms with van der Waals surface area (Å²) in [6.07, 6.45) is 4.65. The van der Waals surface area contributed by atoms with Crippen LogP contribution in [0, 0.1) is 0 Å². The first-order valence-corrected chi connectivity index (χ1v) is 9.33. The van der Waals surface area contributed by atoms with Crippen molar-refractivity contribution in [2.45, 2.75) is 18.0 Å². The molecule has 2 aromatic heterocycles. The van der Waals surface area contributed by atoms with Crippen LogP contribution >= 0.6 is 11.8 Å². The molecule has 7 nitrogen and oxygen atoms in total. The molecule has 1 aromatic carbocycles. The van der Waals surface area contributed by atoms with Crippen LogP contribution in [0.3, 0.4) is 0 Å². The lowest BCUT2D eigenvalue weighted by Gasteiger charge is -2.27.